The van der Waals surface area contributed by atoms with Gasteiger partial charge in [-0.3, -0.25) is 9.69 Å². The second-order valence-electron chi connectivity index (χ2n) is 6.25. The smallest absolute Gasteiger partial charge is 0.317 e. The van der Waals surface area contributed by atoms with Gasteiger partial charge in [-0.2, -0.15) is 0 Å². The molecule has 2 atom stereocenters. The van der Waals surface area contributed by atoms with Crippen molar-refractivity contribution in [3.05, 3.63) is 0 Å². The predicted octanol–water partition coefficient (Wildman–Crippen LogP) is 2.66. The Bertz CT molecular complexity index is 313. The molecule has 1 heterocycles. The highest BCUT2D eigenvalue weighted by Gasteiger charge is 2.42. The lowest BCUT2D eigenvalue weighted by atomic mass is 9.98. The highest BCUT2D eigenvalue weighted by atomic mass is 16.5. The number of hydrogen-bond donors (Lipinski definition) is 1. The summed E-state index contributed by atoms with van der Waals surface area (Å²) < 4.78 is 6.28. The largest absolute Gasteiger partial charge is 0.480 e. The Morgan fingerprint density at radius 2 is 2.11 bits per heavy atom. The summed E-state index contributed by atoms with van der Waals surface area (Å²) in [6.07, 6.45) is 8.44. The quantitative estimate of drug-likeness (QED) is 0.805. The van der Waals surface area contributed by atoms with E-state index in [1.807, 2.05) is 0 Å². The Morgan fingerprint density at radius 3 is 2.68 bits per heavy atom. The molecule has 1 spiro atoms. The first kappa shape index (κ1) is 14.8. The second-order valence-corrected chi connectivity index (χ2v) is 6.25. The van der Waals surface area contributed by atoms with Crippen LogP contribution in [0.1, 0.15) is 58.8 Å². The van der Waals surface area contributed by atoms with Crippen LogP contribution in [0.25, 0.3) is 0 Å². The average Bonchev–Trinajstić information content (AvgIpc) is 2.98. The van der Waals surface area contributed by atoms with E-state index in [9.17, 15) is 4.79 Å². The summed E-state index contributed by atoms with van der Waals surface area (Å²) in [5.41, 5.74) is 0.148. The van der Waals surface area contributed by atoms with Gasteiger partial charge in [-0.1, -0.05) is 19.8 Å². The number of ether oxygens (including phenoxy) is 1. The third kappa shape index (κ3) is 3.69. The lowest BCUT2D eigenvalue weighted by molar-refractivity contribution is -0.139. The van der Waals surface area contributed by atoms with E-state index in [1.54, 1.807) is 0 Å². The molecule has 1 saturated carbocycles. The fourth-order valence-electron chi connectivity index (χ4n) is 3.51. The molecule has 0 aromatic carbocycles. The van der Waals surface area contributed by atoms with Gasteiger partial charge in [0.05, 0.1) is 18.2 Å². The van der Waals surface area contributed by atoms with Gasteiger partial charge in [0.2, 0.25) is 0 Å². The molecule has 1 aliphatic heterocycles. The summed E-state index contributed by atoms with van der Waals surface area (Å²) in [5.74, 6) is -0.742. The third-order valence-corrected chi connectivity index (χ3v) is 4.84. The van der Waals surface area contributed by atoms with Gasteiger partial charge in [-0.25, -0.2) is 0 Å². The second kappa shape index (κ2) is 6.23. The summed E-state index contributed by atoms with van der Waals surface area (Å²) in [6, 6.07) is 0.305. The zero-order chi connectivity index (χ0) is 13.9. The molecular formula is C15H27NO3. The Hall–Kier alpha value is -0.610. The molecule has 19 heavy (non-hydrogen) atoms. The molecule has 0 aromatic rings. The Kier molecular flexibility index (Phi) is 4.85. The van der Waals surface area contributed by atoms with Gasteiger partial charge in [-0.05, 0) is 39.0 Å². The average molecular weight is 269 g/mol. The fourth-order valence-corrected chi connectivity index (χ4v) is 3.51. The van der Waals surface area contributed by atoms with Crippen molar-refractivity contribution >= 4 is 5.97 Å². The Labute approximate surface area is 116 Å². The molecule has 2 aliphatic rings. The van der Waals surface area contributed by atoms with Crippen LogP contribution in [0.3, 0.4) is 0 Å². The lowest BCUT2D eigenvalue weighted by Crippen LogP contribution is -2.42. The maximum atomic E-state index is 11.0. The summed E-state index contributed by atoms with van der Waals surface area (Å²) in [5, 5.41) is 9.02. The Morgan fingerprint density at radius 1 is 1.42 bits per heavy atom. The molecule has 0 aromatic heterocycles. The molecule has 1 saturated heterocycles. The molecule has 2 rings (SSSR count). The van der Waals surface area contributed by atoms with Crippen LogP contribution in [-0.2, 0) is 9.53 Å². The minimum absolute atomic E-state index is 0.127. The molecule has 1 aliphatic carbocycles. The van der Waals surface area contributed by atoms with Crippen molar-refractivity contribution < 1.29 is 14.6 Å². The molecule has 2 fully saturated rings. The Balaban J connectivity index is 1.89. The summed E-state index contributed by atoms with van der Waals surface area (Å²) in [7, 11) is 0. The van der Waals surface area contributed by atoms with E-state index in [0.29, 0.717) is 6.04 Å². The maximum absolute atomic E-state index is 11.0. The van der Waals surface area contributed by atoms with Gasteiger partial charge in [0, 0.05) is 12.6 Å². The minimum Gasteiger partial charge on any atom is -0.480 e. The molecule has 4 heteroatoms. The van der Waals surface area contributed by atoms with Gasteiger partial charge in [0.25, 0.3) is 0 Å². The van der Waals surface area contributed by atoms with Gasteiger partial charge >= 0.3 is 5.97 Å². The van der Waals surface area contributed by atoms with Crippen molar-refractivity contribution in [3.8, 4) is 0 Å². The van der Waals surface area contributed by atoms with Crippen molar-refractivity contribution in [2.75, 3.05) is 13.1 Å². The normalized spacial score (nSPS) is 27.2. The summed E-state index contributed by atoms with van der Waals surface area (Å²) in [6.45, 7) is 5.10. The molecule has 1 N–H and O–H groups in total. The minimum atomic E-state index is -0.742. The highest BCUT2D eigenvalue weighted by molar-refractivity contribution is 5.69. The maximum Gasteiger partial charge on any atom is 0.317 e. The van der Waals surface area contributed by atoms with Crippen molar-refractivity contribution in [3.63, 3.8) is 0 Å². The van der Waals surface area contributed by atoms with E-state index in [4.69, 9.17) is 9.84 Å². The number of rotatable bonds is 6. The fraction of sp³-hybridized carbons (Fsp3) is 0.933. The van der Waals surface area contributed by atoms with E-state index >= 15 is 0 Å². The monoisotopic (exact) mass is 269 g/mol. The zero-order valence-corrected chi connectivity index (χ0v) is 12.2. The molecular weight excluding hydrogens is 242 g/mol. The van der Waals surface area contributed by atoms with E-state index in [1.165, 1.54) is 32.1 Å². The van der Waals surface area contributed by atoms with Crippen molar-refractivity contribution in [2.24, 2.45) is 0 Å². The van der Waals surface area contributed by atoms with Gasteiger partial charge in [0.1, 0.15) is 0 Å². The molecule has 0 amide bonds. The standard InChI is InChI=1S/C15H27NO3/c1-3-12(2)16(11-14(17)18)10-13-6-9-15(19-13)7-4-5-8-15/h12-13H,3-11H2,1-2H3,(H,17,18). The number of carboxylic acid groups (broad SMARTS) is 1. The van der Waals surface area contributed by atoms with E-state index in [0.717, 1.165) is 19.4 Å². The van der Waals surface area contributed by atoms with Crippen LogP contribution in [0.2, 0.25) is 0 Å². The van der Waals surface area contributed by atoms with Crippen LogP contribution in [0.15, 0.2) is 0 Å². The number of aliphatic carboxylic acids is 1. The van der Waals surface area contributed by atoms with Gasteiger partial charge in [0.15, 0.2) is 0 Å². The van der Waals surface area contributed by atoms with Crippen LogP contribution < -0.4 is 0 Å². The molecule has 4 nitrogen and oxygen atoms in total. The first-order chi connectivity index (χ1) is 9.04. The van der Waals surface area contributed by atoms with Crippen molar-refractivity contribution in [2.45, 2.75) is 76.5 Å². The molecule has 0 bridgehead atoms. The number of carboxylic acids is 1. The molecule has 2 unspecified atom stereocenters. The van der Waals surface area contributed by atoms with Crippen LogP contribution in [0.5, 0.6) is 0 Å². The first-order valence-corrected chi connectivity index (χ1v) is 7.68. The zero-order valence-electron chi connectivity index (χ0n) is 12.2. The first-order valence-electron chi connectivity index (χ1n) is 7.68. The van der Waals surface area contributed by atoms with Crippen molar-refractivity contribution in [1.82, 2.24) is 4.90 Å². The van der Waals surface area contributed by atoms with Crippen LogP contribution in [0, 0.1) is 0 Å². The van der Waals surface area contributed by atoms with E-state index in [2.05, 4.69) is 18.7 Å². The highest BCUT2D eigenvalue weighted by Crippen LogP contribution is 2.43. The number of nitrogens with zero attached hydrogens (tertiary/aromatic N) is 1. The van der Waals surface area contributed by atoms with Gasteiger partial charge in [-0.15, -0.1) is 0 Å². The van der Waals surface area contributed by atoms with Crippen molar-refractivity contribution in [1.29, 1.82) is 0 Å². The molecule has 110 valence electrons. The predicted molar refractivity (Wildman–Crippen MR) is 74.3 cm³/mol. The van der Waals surface area contributed by atoms with E-state index < -0.39 is 5.97 Å². The number of hydrogen-bond acceptors (Lipinski definition) is 3. The summed E-state index contributed by atoms with van der Waals surface area (Å²) >= 11 is 0. The van der Waals surface area contributed by atoms with E-state index in [-0.39, 0.29) is 18.2 Å². The topological polar surface area (TPSA) is 49.8 Å². The lowest BCUT2D eigenvalue weighted by Gasteiger charge is -2.30. The SMILES string of the molecule is CCC(C)N(CC(=O)O)CC1CCC2(CCCC2)O1. The number of carbonyl (C=O) groups is 1. The van der Waals surface area contributed by atoms with Crippen LogP contribution in [-0.4, -0.2) is 46.8 Å². The molecule has 0 radical (unpaired) electrons. The summed E-state index contributed by atoms with van der Waals surface area (Å²) in [4.78, 5) is 13.0. The van der Waals surface area contributed by atoms with Crippen LogP contribution >= 0.6 is 0 Å². The van der Waals surface area contributed by atoms with Crippen LogP contribution in [0.4, 0.5) is 0 Å². The third-order valence-electron chi connectivity index (χ3n) is 4.84. The van der Waals surface area contributed by atoms with Gasteiger partial charge < -0.3 is 9.84 Å².